The van der Waals surface area contributed by atoms with E-state index in [2.05, 4.69) is 15.2 Å². The molecule has 26 heavy (non-hydrogen) atoms. The molecule has 1 atom stereocenters. The van der Waals surface area contributed by atoms with Crippen LogP contribution in [0.3, 0.4) is 0 Å². The zero-order valence-electron chi connectivity index (χ0n) is 14.1. The van der Waals surface area contributed by atoms with E-state index in [4.69, 9.17) is 11.6 Å². The molecule has 134 valence electrons. The van der Waals surface area contributed by atoms with Crippen LogP contribution < -0.4 is 10.2 Å². The smallest absolute Gasteiger partial charge is 0.267 e. The number of nitrogens with one attached hydrogen (secondary N) is 2. The van der Waals surface area contributed by atoms with E-state index in [-0.39, 0.29) is 11.7 Å². The maximum absolute atomic E-state index is 13.0. The predicted molar refractivity (Wildman–Crippen MR) is 102 cm³/mol. The molecule has 2 aromatic carbocycles. The van der Waals surface area contributed by atoms with E-state index in [0.717, 1.165) is 36.1 Å². The maximum atomic E-state index is 13.0. The van der Waals surface area contributed by atoms with Crippen molar-refractivity contribution in [3.05, 3.63) is 65.1 Å². The highest BCUT2D eigenvalue weighted by atomic mass is 35.5. The Morgan fingerprint density at radius 3 is 2.85 bits per heavy atom. The average Bonchev–Trinajstić information content (AvgIpc) is 3.27. The number of carbonyl (C=O) groups excluding carboxylic acids is 1. The standard InChI is InChI=1S/C20H19ClFN3O/c21-15-2-1-14-9-19(24-18(14)10-15)20(26)23-11-13-7-8-25(12-13)17-5-3-16(22)4-6-17/h1-6,9-10,13,24H,7-8,11-12H2,(H,23,26). The molecule has 0 radical (unpaired) electrons. The van der Waals surface area contributed by atoms with Crippen molar-refractivity contribution in [2.24, 2.45) is 5.92 Å². The molecule has 6 heteroatoms. The number of anilines is 1. The van der Waals surface area contributed by atoms with Crippen LogP contribution in [0.15, 0.2) is 48.5 Å². The van der Waals surface area contributed by atoms with Crippen molar-refractivity contribution in [2.75, 3.05) is 24.5 Å². The van der Waals surface area contributed by atoms with E-state index < -0.39 is 0 Å². The summed E-state index contributed by atoms with van der Waals surface area (Å²) in [6, 6.07) is 13.9. The van der Waals surface area contributed by atoms with E-state index in [1.807, 2.05) is 24.3 Å². The first-order valence-electron chi connectivity index (χ1n) is 8.65. The quantitative estimate of drug-likeness (QED) is 0.721. The molecule has 2 N–H and O–H groups in total. The van der Waals surface area contributed by atoms with Gasteiger partial charge >= 0.3 is 0 Å². The fourth-order valence-corrected chi connectivity index (χ4v) is 3.61. The lowest BCUT2D eigenvalue weighted by atomic mass is 10.1. The summed E-state index contributed by atoms with van der Waals surface area (Å²) in [7, 11) is 0. The van der Waals surface area contributed by atoms with Crippen molar-refractivity contribution < 1.29 is 9.18 Å². The molecule has 0 saturated carbocycles. The van der Waals surface area contributed by atoms with Gasteiger partial charge in [0, 0.05) is 41.2 Å². The van der Waals surface area contributed by atoms with Crippen LogP contribution in [-0.4, -0.2) is 30.5 Å². The first-order chi connectivity index (χ1) is 12.6. The minimum atomic E-state index is -0.226. The Morgan fingerprint density at radius 1 is 1.23 bits per heavy atom. The van der Waals surface area contributed by atoms with E-state index in [0.29, 0.717) is 23.2 Å². The van der Waals surface area contributed by atoms with Crippen molar-refractivity contribution in [3.63, 3.8) is 0 Å². The van der Waals surface area contributed by atoms with Crippen LogP contribution in [-0.2, 0) is 0 Å². The fraction of sp³-hybridized carbons (Fsp3) is 0.250. The first kappa shape index (κ1) is 16.9. The summed E-state index contributed by atoms with van der Waals surface area (Å²) < 4.78 is 13.0. The fourth-order valence-electron chi connectivity index (χ4n) is 3.44. The highest BCUT2D eigenvalue weighted by molar-refractivity contribution is 6.31. The second kappa shape index (κ2) is 7.00. The molecule has 4 nitrogen and oxygen atoms in total. The lowest BCUT2D eigenvalue weighted by molar-refractivity contribution is 0.0944. The van der Waals surface area contributed by atoms with Crippen molar-refractivity contribution in [3.8, 4) is 0 Å². The topological polar surface area (TPSA) is 48.1 Å². The number of nitrogens with zero attached hydrogens (tertiary/aromatic N) is 1. The molecule has 1 saturated heterocycles. The van der Waals surface area contributed by atoms with Gasteiger partial charge in [-0.2, -0.15) is 0 Å². The second-order valence-electron chi connectivity index (χ2n) is 6.70. The van der Waals surface area contributed by atoms with E-state index in [1.165, 1.54) is 12.1 Å². The summed E-state index contributed by atoms with van der Waals surface area (Å²) in [6.45, 7) is 2.39. The van der Waals surface area contributed by atoms with Crippen LogP contribution in [0, 0.1) is 11.7 Å². The molecule has 1 aliphatic heterocycles. The molecular formula is C20H19ClFN3O. The van der Waals surface area contributed by atoms with Gasteiger partial charge in [0.15, 0.2) is 0 Å². The molecule has 0 spiro atoms. The summed E-state index contributed by atoms with van der Waals surface area (Å²) in [6.07, 6.45) is 1.000. The van der Waals surface area contributed by atoms with Gasteiger partial charge in [-0.3, -0.25) is 4.79 Å². The Kier molecular flexibility index (Phi) is 4.55. The second-order valence-corrected chi connectivity index (χ2v) is 7.14. The van der Waals surface area contributed by atoms with Crippen molar-refractivity contribution in [1.82, 2.24) is 10.3 Å². The summed E-state index contributed by atoms with van der Waals surface area (Å²) in [5.74, 6) is 0.0387. The molecule has 1 aromatic heterocycles. The maximum Gasteiger partial charge on any atom is 0.267 e. The van der Waals surface area contributed by atoms with E-state index >= 15 is 0 Å². The van der Waals surface area contributed by atoms with Crippen molar-refractivity contribution >= 4 is 34.1 Å². The molecule has 1 aliphatic rings. The number of fused-ring (bicyclic) bond motifs is 1. The number of hydrogen-bond donors (Lipinski definition) is 2. The first-order valence-corrected chi connectivity index (χ1v) is 9.03. The molecule has 1 unspecified atom stereocenters. The minimum absolute atomic E-state index is 0.113. The number of amides is 1. The van der Waals surface area contributed by atoms with Crippen LogP contribution in [0.1, 0.15) is 16.9 Å². The van der Waals surface area contributed by atoms with Gasteiger partial charge in [0.05, 0.1) is 0 Å². The predicted octanol–water partition coefficient (Wildman–Crippen LogP) is 4.22. The zero-order chi connectivity index (χ0) is 18.1. The number of hydrogen-bond acceptors (Lipinski definition) is 2. The highest BCUT2D eigenvalue weighted by Gasteiger charge is 2.23. The lowest BCUT2D eigenvalue weighted by Crippen LogP contribution is -2.31. The number of halogens is 2. The number of aromatic nitrogens is 1. The van der Waals surface area contributed by atoms with Crippen LogP contribution in [0.4, 0.5) is 10.1 Å². The van der Waals surface area contributed by atoms with E-state index in [1.54, 1.807) is 12.1 Å². The van der Waals surface area contributed by atoms with Crippen molar-refractivity contribution in [1.29, 1.82) is 0 Å². The summed E-state index contributed by atoms with van der Waals surface area (Å²) in [4.78, 5) is 17.7. The van der Waals surface area contributed by atoms with Crippen LogP contribution in [0.2, 0.25) is 5.02 Å². The van der Waals surface area contributed by atoms with Gasteiger partial charge < -0.3 is 15.2 Å². The number of aromatic amines is 1. The Bertz CT molecular complexity index is 938. The molecule has 4 rings (SSSR count). The minimum Gasteiger partial charge on any atom is -0.371 e. The van der Waals surface area contributed by atoms with Gasteiger partial charge in [0.1, 0.15) is 11.5 Å². The van der Waals surface area contributed by atoms with Gasteiger partial charge in [-0.25, -0.2) is 4.39 Å². The van der Waals surface area contributed by atoms with Crippen LogP contribution >= 0.6 is 11.6 Å². The van der Waals surface area contributed by atoms with Crippen molar-refractivity contribution in [2.45, 2.75) is 6.42 Å². The molecule has 1 amide bonds. The summed E-state index contributed by atoms with van der Waals surface area (Å²) >= 11 is 5.98. The van der Waals surface area contributed by atoms with Gasteiger partial charge in [0.25, 0.3) is 5.91 Å². The molecule has 0 aliphatic carbocycles. The normalized spacial score (nSPS) is 17.0. The lowest BCUT2D eigenvalue weighted by Gasteiger charge is -2.18. The van der Waals surface area contributed by atoms with Gasteiger partial charge in [0.2, 0.25) is 0 Å². The largest absolute Gasteiger partial charge is 0.371 e. The third kappa shape index (κ3) is 3.53. The molecule has 2 heterocycles. The third-order valence-corrected chi connectivity index (χ3v) is 5.09. The molecule has 0 bridgehead atoms. The molecule has 1 fully saturated rings. The third-order valence-electron chi connectivity index (χ3n) is 4.86. The zero-order valence-corrected chi connectivity index (χ0v) is 14.9. The number of carbonyl (C=O) groups is 1. The van der Waals surface area contributed by atoms with Gasteiger partial charge in [-0.15, -0.1) is 0 Å². The number of rotatable bonds is 4. The molecular weight excluding hydrogens is 353 g/mol. The van der Waals surface area contributed by atoms with Gasteiger partial charge in [-0.05, 0) is 54.8 Å². The summed E-state index contributed by atoms with van der Waals surface area (Å²) in [5.41, 5.74) is 2.41. The Labute approximate surface area is 156 Å². The Hall–Kier alpha value is -2.53. The average molecular weight is 372 g/mol. The van der Waals surface area contributed by atoms with Crippen LogP contribution in [0.25, 0.3) is 10.9 Å². The monoisotopic (exact) mass is 371 g/mol. The summed E-state index contributed by atoms with van der Waals surface area (Å²) in [5, 5.41) is 4.61. The molecule has 3 aromatic rings. The Morgan fingerprint density at radius 2 is 2.04 bits per heavy atom. The SMILES string of the molecule is O=C(NCC1CCN(c2ccc(F)cc2)C1)c1cc2ccc(Cl)cc2[nH]1. The van der Waals surface area contributed by atoms with E-state index in [9.17, 15) is 9.18 Å². The Balaban J connectivity index is 1.35. The number of H-pyrrole nitrogens is 1. The van der Waals surface area contributed by atoms with Gasteiger partial charge in [-0.1, -0.05) is 17.7 Å². The van der Waals surface area contributed by atoms with Crippen LogP contribution in [0.5, 0.6) is 0 Å². The number of benzene rings is 2. The highest BCUT2D eigenvalue weighted by Crippen LogP contribution is 2.24.